The molecule has 0 rings (SSSR count). The van der Waals surface area contributed by atoms with Crippen LogP contribution in [-0.4, -0.2) is 37.1 Å². The number of esters is 1. The molecule has 0 N–H and O–H groups in total. The lowest BCUT2D eigenvalue weighted by atomic mass is 10.1. The van der Waals surface area contributed by atoms with Gasteiger partial charge in [-0.3, -0.25) is 4.79 Å². The molecule has 0 bridgehead atoms. The highest BCUT2D eigenvalue weighted by Gasteiger charge is 2.04. The second kappa shape index (κ2) is 13.9. The molecule has 0 atom stereocenters. The topological polar surface area (TPSA) is 29.5 Å². The van der Waals surface area contributed by atoms with Gasteiger partial charge in [0.1, 0.15) is 0 Å². The molecule has 3 nitrogen and oxygen atoms in total. The standard InChI is InChI=1S/C16H33NO2/c1-4-7-8-9-10-11-15-19-16(18)13-12-14-17(5-2)6-3/h4-15H2,1-3H3. The quantitative estimate of drug-likeness (QED) is 0.374. The maximum atomic E-state index is 11.5. The molecule has 0 aliphatic rings. The van der Waals surface area contributed by atoms with Gasteiger partial charge in [-0.2, -0.15) is 0 Å². The van der Waals surface area contributed by atoms with E-state index in [-0.39, 0.29) is 5.97 Å². The van der Waals surface area contributed by atoms with Crippen LogP contribution in [0.4, 0.5) is 0 Å². The molecular formula is C16H33NO2. The average Bonchev–Trinajstić information content (AvgIpc) is 2.42. The summed E-state index contributed by atoms with van der Waals surface area (Å²) >= 11 is 0. The van der Waals surface area contributed by atoms with E-state index in [1.54, 1.807) is 0 Å². The summed E-state index contributed by atoms with van der Waals surface area (Å²) in [5, 5.41) is 0. The number of hydrogen-bond donors (Lipinski definition) is 0. The summed E-state index contributed by atoms with van der Waals surface area (Å²) in [6.45, 7) is 10.3. The molecule has 0 amide bonds. The molecule has 114 valence electrons. The molecule has 0 fully saturated rings. The van der Waals surface area contributed by atoms with Gasteiger partial charge in [0, 0.05) is 6.42 Å². The molecule has 0 aromatic rings. The van der Waals surface area contributed by atoms with Crippen molar-refractivity contribution in [2.45, 2.75) is 72.1 Å². The number of carbonyl (C=O) groups is 1. The monoisotopic (exact) mass is 271 g/mol. The van der Waals surface area contributed by atoms with E-state index in [2.05, 4.69) is 25.7 Å². The van der Waals surface area contributed by atoms with Gasteiger partial charge in [-0.05, 0) is 32.5 Å². The van der Waals surface area contributed by atoms with Gasteiger partial charge in [0.05, 0.1) is 6.61 Å². The Bertz CT molecular complexity index is 203. The maximum Gasteiger partial charge on any atom is 0.305 e. The van der Waals surface area contributed by atoms with Crippen molar-refractivity contribution < 1.29 is 9.53 Å². The highest BCUT2D eigenvalue weighted by Crippen LogP contribution is 2.05. The van der Waals surface area contributed by atoms with E-state index >= 15 is 0 Å². The Morgan fingerprint density at radius 2 is 1.53 bits per heavy atom. The summed E-state index contributed by atoms with van der Waals surface area (Å²) in [5.74, 6) is -0.0271. The second-order valence-electron chi connectivity index (χ2n) is 5.12. The van der Waals surface area contributed by atoms with Crippen LogP contribution >= 0.6 is 0 Å². The van der Waals surface area contributed by atoms with Gasteiger partial charge in [-0.1, -0.05) is 52.9 Å². The minimum Gasteiger partial charge on any atom is -0.466 e. The minimum absolute atomic E-state index is 0.0271. The van der Waals surface area contributed by atoms with Crippen LogP contribution in [0.15, 0.2) is 0 Å². The summed E-state index contributed by atoms with van der Waals surface area (Å²) in [4.78, 5) is 13.8. The molecule has 0 unspecified atom stereocenters. The van der Waals surface area contributed by atoms with Crippen molar-refractivity contribution in [1.29, 1.82) is 0 Å². The first-order valence-corrected chi connectivity index (χ1v) is 8.12. The third-order valence-electron chi connectivity index (χ3n) is 3.51. The number of hydrogen-bond acceptors (Lipinski definition) is 3. The van der Waals surface area contributed by atoms with E-state index in [9.17, 15) is 4.79 Å². The van der Waals surface area contributed by atoms with Gasteiger partial charge in [0.2, 0.25) is 0 Å². The van der Waals surface area contributed by atoms with E-state index in [1.165, 1.54) is 32.1 Å². The molecule has 0 aromatic carbocycles. The molecule has 0 aromatic heterocycles. The Kier molecular flexibility index (Phi) is 13.4. The van der Waals surface area contributed by atoms with Gasteiger partial charge in [0.15, 0.2) is 0 Å². The second-order valence-corrected chi connectivity index (χ2v) is 5.12. The molecule has 0 aliphatic heterocycles. The van der Waals surface area contributed by atoms with Gasteiger partial charge < -0.3 is 9.64 Å². The zero-order chi connectivity index (χ0) is 14.3. The van der Waals surface area contributed by atoms with Crippen LogP contribution in [0.3, 0.4) is 0 Å². The Morgan fingerprint density at radius 3 is 2.16 bits per heavy atom. The molecule has 0 spiro atoms. The van der Waals surface area contributed by atoms with E-state index in [0.29, 0.717) is 13.0 Å². The number of carbonyl (C=O) groups excluding carboxylic acids is 1. The van der Waals surface area contributed by atoms with Crippen LogP contribution in [0.2, 0.25) is 0 Å². The summed E-state index contributed by atoms with van der Waals surface area (Å²) in [7, 11) is 0. The lowest BCUT2D eigenvalue weighted by molar-refractivity contribution is -0.143. The number of nitrogens with zero attached hydrogens (tertiary/aromatic N) is 1. The molecule has 3 heteroatoms. The molecule has 0 heterocycles. The summed E-state index contributed by atoms with van der Waals surface area (Å²) in [5.41, 5.74) is 0. The Balaban J connectivity index is 3.30. The van der Waals surface area contributed by atoms with E-state index in [0.717, 1.165) is 32.5 Å². The highest BCUT2D eigenvalue weighted by molar-refractivity contribution is 5.69. The molecule has 0 radical (unpaired) electrons. The van der Waals surface area contributed by atoms with Crippen molar-refractivity contribution in [2.24, 2.45) is 0 Å². The number of unbranched alkanes of at least 4 members (excludes halogenated alkanes) is 5. The first-order valence-electron chi connectivity index (χ1n) is 8.12. The predicted octanol–water partition coefficient (Wildman–Crippen LogP) is 4.01. The number of rotatable bonds is 13. The predicted molar refractivity (Wildman–Crippen MR) is 81.4 cm³/mol. The van der Waals surface area contributed by atoms with E-state index in [1.807, 2.05) is 0 Å². The van der Waals surface area contributed by atoms with Crippen LogP contribution < -0.4 is 0 Å². The van der Waals surface area contributed by atoms with Crippen LogP contribution in [0.25, 0.3) is 0 Å². The fraction of sp³-hybridized carbons (Fsp3) is 0.938. The smallest absolute Gasteiger partial charge is 0.305 e. The van der Waals surface area contributed by atoms with Crippen LogP contribution in [-0.2, 0) is 9.53 Å². The summed E-state index contributed by atoms with van der Waals surface area (Å²) in [6.07, 6.45) is 8.87. The van der Waals surface area contributed by atoms with Crippen molar-refractivity contribution in [3.63, 3.8) is 0 Å². The fourth-order valence-electron chi connectivity index (χ4n) is 2.13. The number of ether oxygens (including phenoxy) is 1. The fourth-order valence-corrected chi connectivity index (χ4v) is 2.13. The molecule has 19 heavy (non-hydrogen) atoms. The van der Waals surface area contributed by atoms with Gasteiger partial charge >= 0.3 is 5.97 Å². The highest BCUT2D eigenvalue weighted by atomic mass is 16.5. The molecular weight excluding hydrogens is 238 g/mol. The normalized spacial score (nSPS) is 10.9. The van der Waals surface area contributed by atoms with Crippen molar-refractivity contribution in [3.8, 4) is 0 Å². The molecule has 0 saturated carbocycles. The Hall–Kier alpha value is -0.570. The SMILES string of the molecule is CCCCCCCCOC(=O)CCCN(CC)CC. The van der Waals surface area contributed by atoms with Gasteiger partial charge in [0.25, 0.3) is 0 Å². The minimum atomic E-state index is -0.0271. The lowest BCUT2D eigenvalue weighted by Crippen LogP contribution is -2.24. The zero-order valence-corrected chi connectivity index (χ0v) is 13.2. The third-order valence-corrected chi connectivity index (χ3v) is 3.51. The third kappa shape index (κ3) is 12.2. The maximum absolute atomic E-state index is 11.5. The van der Waals surface area contributed by atoms with Crippen molar-refractivity contribution in [1.82, 2.24) is 4.90 Å². The van der Waals surface area contributed by atoms with Crippen molar-refractivity contribution in [2.75, 3.05) is 26.2 Å². The van der Waals surface area contributed by atoms with Crippen molar-refractivity contribution >= 4 is 5.97 Å². The summed E-state index contributed by atoms with van der Waals surface area (Å²) in [6, 6.07) is 0. The first kappa shape index (κ1) is 18.4. The van der Waals surface area contributed by atoms with Gasteiger partial charge in [-0.15, -0.1) is 0 Å². The lowest BCUT2D eigenvalue weighted by Gasteiger charge is -2.17. The largest absolute Gasteiger partial charge is 0.466 e. The average molecular weight is 271 g/mol. The van der Waals surface area contributed by atoms with E-state index < -0.39 is 0 Å². The van der Waals surface area contributed by atoms with E-state index in [4.69, 9.17) is 4.74 Å². The van der Waals surface area contributed by atoms with Crippen LogP contribution in [0.5, 0.6) is 0 Å². The molecule has 0 aliphatic carbocycles. The van der Waals surface area contributed by atoms with Crippen LogP contribution in [0.1, 0.15) is 72.1 Å². The Labute approximate surface area is 119 Å². The van der Waals surface area contributed by atoms with Crippen molar-refractivity contribution in [3.05, 3.63) is 0 Å². The molecule has 0 saturated heterocycles. The summed E-state index contributed by atoms with van der Waals surface area (Å²) < 4.78 is 5.24. The van der Waals surface area contributed by atoms with Crippen LogP contribution in [0, 0.1) is 0 Å². The van der Waals surface area contributed by atoms with Gasteiger partial charge in [-0.25, -0.2) is 0 Å². The zero-order valence-electron chi connectivity index (χ0n) is 13.2. The first-order chi connectivity index (χ1) is 9.24. The Morgan fingerprint density at radius 1 is 0.895 bits per heavy atom.